The van der Waals surface area contributed by atoms with Gasteiger partial charge in [-0.3, -0.25) is 4.79 Å². The highest BCUT2D eigenvalue weighted by atomic mass is 16.5. The van der Waals surface area contributed by atoms with Crippen molar-refractivity contribution < 1.29 is 33.4 Å². The first-order valence-electron chi connectivity index (χ1n) is 19.7. The predicted molar refractivity (Wildman–Crippen MR) is 220 cm³/mol. The molecule has 9 heteroatoms. The Labute approximate surface area is 328 Å². The van der Waals surface area contributed by atoms with E-state index in [1.54, 1.807) is 0 Å². The summed E-state index contributed by atoms with van der Waals surface area (Å²) in [5, 5.41) is 8.57. The van der Waals surface area contributed by atoms with E-state index in [1.807, 2.05) is 57.2 Å². The summed E-state index contributed by atoms with van der Waals surface area (Å²) < 4.78 is 15.5. The van der Waals surface area contributed by atoms with Crippen LogP contribution in [0.15, 0.2) is 94.7 Å². The number of ketones is 1. The summed E-state index contributed by atoms with van der Waals surface area (Å²) in [6.07, 6.45) is 11.2. The van der Waals surface area contributed by atoms with Gasteiger partial charge in [0, 0.05) is 12.5 Å². The van der Waals surface area contributed by atoms with Crippen LogP contribution in [-0.4, -0.2) is 43.5 Å². The van der Waals surface area contributed by atoms with E-state index in [4.69, 9.17) is 14.2 Å². The van der Waals surface area contributed by atoms with E-state index in [0.29, 0.717) is 37.4 Å². The molecule has 0 saturated carbocycles. The number of azo groups is 1. The Bertz CT molecular complexity index is 1720. The largest absolute Gasteiger partial charge is 0.463 e. The lowest BCUT2D eigenvalue weighted by molar-refractivity contribution is -0.140. The third kappa shape index (κ3) is 17.2. The number of carbonyl (C=O) groups is 4. The highest BCUT2D eigenvalue weighted by Gasteiger charge is 2.32. The molecule has 0 atom stereocenters. The quantitative estimate of drug-likeness (QED) is 0.0417. The number of rotatable bonds is 18. The zero-order valence-electron chi connectivity index (χ0n) is 34.0. The van der Waals surface area contributed by atoms with Gasteiger partial charge in [-0.05, 0) is 104 Å². The summed E-state index contributed by atoms with van der Waals surface area (Å²) in [6, 6.07) is 22.4. The van der Waals surface area contributed by atoms with Gasteiger partial charge in [0.15, 0.2) is 5.78 Å². The second-order valence-electron chi connectivity index (χ2n) is 13.1. The van der Waals surface area contributed by atoms with Crippen LogP contribution in [-0.2, 0) is 59.1 Å². The number of benzene rings is 3. The van der Waals surface area contributed by atoms with E-state index in [0.717, 1.165) is 86.4 Å². The van der Waals surface area contributed by atoms with Crippen molar-refractivity contribution in [2.45, 2.75) is 113 Å². The van der Waals surface area contributed by atoms with Gasteiger partial charge in [-0.25, -0.2) is 14.4 Å². The summed E-state index contributed by atoms with van der Waals surface area (Å²) in [7, 11) is 0. The minimum Gasteiger partial charge on any atom is -0.463 e. The normalized spacial score (nSPS) is 11.7. The molecule has 0 saturated heterocycles. The van der Waals surface area contributed by atoms with Crippen molar-refractivity contribution in [2.75, 3.05) is 19.8 Å². The molecule has 3 aromatic carbocycles. The van der Waals surface area contributed by atoms with Gasteiger partial charge >= 0.3 is 17.9 Å². The highest BCUT2D eigenvalue weighted by Crippen LogP contribution is 2.35. The third-order valence-corrected chi connectivity index (χ3v) is 8.54. The first kappa shape index (κ1) is 46.0. The number of allylic oxidation sites excluding steroid dienone is 1. The van der Waals surface area contributed by atoms with E-state index in [1.165, 1.54) is 29.7 Å². The van der Waals surface area contributed by atoms with Gasteiger partial charge in [-0.15, -0.1) is 0 Å². The number of hydrogen-bond donors (Lipinski definition) is 0. The fourth-order valence-electron chi connectivity index (χ4n) is 5.23. The lowest BCUT2D eigenvalue weighted by atomic mass is 10.0. The fraction of sp³-hybridized carbons (Fsp3) is 0.435. The van der Waals surface area contributed by atoms with Crippen molar-refractivity contribution in [3.8, 4) is 0 Å². The van der Waals surface area contributed by atoms with Gasteiger partial charge in [0.05, 0.1) is 42.3 Å². The predicted octanol–water partition coefficient (Wildman–Crippen LogP) is 10.9. The van der Waals surface area contributed by atoms with Gasteiger partial charge in [-0.2, -0.15) is 10.2 Å². The summed E-state index contributed by atoms with van der Waals surface area (Å²) in [5.74, 6) is -1.41. The summed E-state index contributed by atoms with van der Waals surface area (Å²) in [4.78, 5) is 46.2. The molecule has 4 rings (SSSR count). The number of carbonyl (C=O) groups excluding carboxylic acids is 4. The summed E-state index contributed by atoms with van der Waals surface area (Å²) >= 11 is 0. The van der Waals surface area contributed by atoms with Crippen LogP contribution in [0, 0.1) is 0 Å². The zero-order valence-corrected chi connectivity index (χ0v) is 34.0. The maximum Gasteiger partial charge on any atom is 0.339 e. The number of hydrogen-bond acceptors (Lipinski definition) is 9. The molecule has 0 aromatic heterocycles. The van der Waals surface area contributed by atoms with Crippen molar-refractivity contribution in [1.29, 1.82) is 0 Å². The summed E-state index contributed by atoms with van der Waals surface area (Å²) in [6.45, 7) is 15.0. The maximum absolute atomic E-state index is 12.6. The van der Waals surface area contributed by atoms with Crippen LogP contribution < -0.4 is 0 Å². The molecule has 0 aliphatic heterocycles. The van der Waals surface area contributed by atoms with E-state index in [2.05, 4.69) is 61.3 Å². The van der Waals surface area contributed by atoms with Crippen LogP contribution in [0.4, 0.5) is 11.4 Å². The lowest BCUT2D eigenvalue weighted by Crippen LogP contribution is -2.14. The fourth-order valence-corrected chi connectivity index (χ4v) is 5.23. The molecule has 0 bridgehead atoms. The van der Waals surface area contributed by atoms with Gasteiger partial charge in [0.2, 0.25) is 0 Å². The monoisotopic (exact) mass is 752 g/mol. The smallest absolute Gasteiger partial charge is 0.339 e. The average molecular weight is 753 g/mol. The Morgan fingerprint density at radius 1 is 0.600 bits per heavy atom. The molecule has 3 aromatic rings. The van der Waals surface area contributed by atoms with Crippen LogP contribution in [0.1, 0.15) is 115 Å². The Balaban J connectivity index is 0.000000305. The molecule has 0 N–H and O–H groups in total. The number of ether oxygens (including phenoxy) is 3. The second-order valence-corrected chi connectivity index (χ2v) is 13.1. The maximum atomic E-state index is 12.6. The van der Waals surface area contributed by atoms with Crippen molar-refractivity contribution in [3.63, 3.8) is 0 Å². The van der Waals surface area contributed by atoms with E-state index >= 15 is 0 Å². The zero-order chi connectivity index (χ0) is 40.4. The number of fused-ring (bicyclic) bond motifs is 1. The first-order valence-corrected chi connectivity index (χ1v) is 19.7. The number of nitrogens with zero attached hydrogens (tertiary/aromatic N) is 2. The average Bonchev–Trinajstić information content (AvgIpc) is 3.59. The molecule has 296 valence electrons. The molecule has 55 heavy (non-hydrogen) atoms. The van der Waals surface area contributed by atoms with Crippen LogP contribution >= 0.6 is 0 Å². The van der Waals surface area contributed by atoms with Crippen LogP contribution in [0.5, 0.6) is 0 Å². The molecule has 1 aliphatic rings. The third-order valence-electron chi connectivity index (χ3n) is 8.54. The van der Waals surface area contributed by atoms with Crippen molar-refractivity contribution in [3.05, 3.63) is 112 Å². The molecule has 0 amide bonds. The molecular weight excluding hydrogens is 693 g/mol. The lowest BCUT2D eigenvalue weighted by Gasteiger charge is -2.09. The van der Waals surface area contributed by atoms with E-state index in [9.17, 15) is 19.2 Å². The molecule has 0 fully saturated rings. The van der Waals surface area contributed by atoms with Gasteiger partial charge in [0.1, 0.15) is 0 Å². The minimum atomic E-state index is -0.446. The Morgan fingerprint density at radius 2 is 1.09 bits per heavy atom. The van der Waals surface area contributed by atoms with Crippen molar-refractivity contribution in [1.82, 2.24) is 0 Å². The van der Waals surface area contributed by atoms with E-state index in [-0.39, 0.29) is 5.78 Å². The second kappa shape index (κ2) is 26.6. The van der Waals surface area contributed by atoms with Gasteiger partial charge in [0.25, 0.3) is 0 Å². The molecule has 0 radical (unpaired) electrons. The molecular formula is C46H60N2O7. The van der Waals surface area contributed by atoms with Crippen molar-refractivity contribution >= 4 is 40.6 Å². The summed E-state index contributed by atoms with van der Waals surface area (Å²) in [5.41, 5.74) is 8.22. The molecule has 9 nitrogen and oxygen atoms in total. The molecule has 1 aliphatic carbocycles. The Morgan fingerprint density at radius 3 is 1.58 bits per heavy atom. The topological polar surface area (TPSA) is 121 Å². The van der Waals surface area contributed by atoms with Gasteiger partial charge in [-0.1, -0.05) is 103 Å². The number of aryl methyl sites for hydroxylation is 3. The Kier molecular flexibility index (Phi) is 22.2. The Hall–Kier alpha value is -5.18. The number of unbranched alkanes of at least 4 members (excludes halogenated alkanes) is 3. The molecule has 0 heterocycles. The molecule has 0 unspecified atom stereocenters. The number of esters is 3. The first-order chi connectivity index (χ1) is 26.6. The molecule has 0 spiro atoms. The minimum absolute atomic E-state index is 0.151. The van der Waals surface area contributed by atoms with Crippen LogP contribution in [0.3, 0.4) is 0 Å². The van der Waals surface area contributed by atoms with Crippen LogP contribution in [0.25, 0.3) is 5.57 Å². The van der Waals surface area contributed by atoms with Gasteiger partial charge < -0.3 is 14.2 Å². The van der Waals surface area contributed by atoms with Crippen molar-refractivity contribution in [2.24, 2.45) is 10.2 Å². The standard InChI is InChI=1S/C21H28O4.C16H18N2.C9H14O3/c1-4-7-11-24-20(22)18-14-16-13-15(6-3)9-10-17(16)19(18)21(23)25-12-8-5-2;1-3-13-7-5-9-15(11-13)17-18-16-10-6-8-14(4-2)12-16;1-3-4-7-12-9(11)6-5-8(2)10/h9-10,13H,4-8,11-12,14H2,1-3H3;5-12H,3-4H2,1-2H3;5-6H,3-4,7H2,1-2H3/b;;6-5-. The SMILES string of the molecule is CCCCOC(=O)/C=C\C(C)=O.CCCCOC(=O)C1=C(C(=O)OCCCC)c2ccc(CC)cc2C1.CCc1cccc(N=Nc2cccc(CC)c2)c1. The highest BCUT2D eigenvalue weighted by molar-refractivity contribution is 6.24. The van der Waals surface area contributed by atoms with E-state index < -0.39 is 17.9 Å². The van der Waals surface area contributed by atoms with Crippen LogP contribution in [0.2, 0.25) is 0 Å².